The first-order valence-electron chi connectivity index (χ1n) is 7.30. The van der Waals surface area contributed by atoms with Gasteiger partial charge in [-0.15, -0.1) is 0 Å². The zero-order valence-electron chi connectivity index (χ0n) is 12.0. The number of nitrogens with zero attached hydrogens (tertiary/aromatic N) is 3. The van der Waals surface area contributed by atoms with Crippen LogP contribution in [0.25, 0.3) is 5.65 Å². The third kappa shape index (κ3) is 1.86. The Morgan fingerprint density at radius 3 is 3.00 bits per heavy atom. The van der Waals surface area contributed by atoms with Crippen molar-refractivity contribution in [1.82, 2.24) is 14.6 Å². The molecule has 23 heavy (non-hydrogen) atoms. The van der Waals surface area contributed by atoms with E-state index in [4.69, 9.17) is 9.47 Å². The standard InChI is InChI=1S/C16H12N4O3/c21-16-5-10(9-1-2-20-15(3-9)17-7-18-20)11-4-13-14(23-8-22-13)6-12(11)19-16/h1-4,6-7,10H,5,8H2,(H,19,21). The molecule has 7 nitrogen and oxygen atoms in total. The first kappa shape index (κ1) is 12.5. The normalized spacial score (nSPS) is 18.8. The van der Waals surface area contributed by atoms with Gasteiger partial charge in [0.2, 0.25) is 12.7 Å². The number of benzene rings is 1. The van der Waals surface area contributed by atoms with Crippen molar-refractivity contribution < 1.29 is 14.3 Å². The minimum absolute atomic E-state index is 0.0114. The van der Waals surface area contributed by atoms with Crippen LogP contribution in [0.4, 0.5) is 5.69 Å². The Bertz CT molecular complexity index is 950. The van der Waals surface area contributed by atoms with Gasteiger partial charge < -0.3 is 14.8 Å². The summed E-state index contributed by atoms with van der Waals surface area (Å²) in [6.07, 6.45) is 3.76. The van der Waals surface area contributed by atoms with Gasteiger partial charge in [0, 0.05) is 30.3 Å². The molecule has 2 aromatic heterocycles. The number of fused-ring (bicyclic) bond motifs is 3. The number of aromatic nitrogens is 3. The van der Waals surface area contributed by atoms with E-state index in [1.807, 2.05) is 30.5 Å². The lowest BCUT2D eigenvalue weighted by atomic mass is 9.85. The van der Waals surface area contributed by atoms with Crippen molar-refractivity contribution in [2.45, 2.75) is 12.3 Å². The fraction of sp³-hybridized carbons (Fsp3) is 0.188. The van der Waals surface area contributed by atoms with Crippen LogP contribution in [-0.2, 0) is 4.79 Å². The van der Waals surface area contributed by atoms with Gasteiger partial charge in [0.1, 0.15) is 6.33 Å². The second kappa shape index (κ2) is 4.45. The second-order valence-electron chi connectivity index (χ2n) is 5.62. The first-order valence-corrected chi connectivity index (χ1v) is 7.30. The summed E-state index contributed by atoms with van der Waals surface area (Å²) in [4.78, 5) is 16.3. The summed E-state index contributed by atoms with van der Waals surface area (Å²) in [7, 11) is 0. The number of ether oxygens (including phenoxy) is 2. The van der Waals surface area contributed by atoms with Gasteiger partial charge in [-0.25, -0.2) is 9.50 Å². The fourth-order valence-electron chi connectivity index (χ4n) is 3.20. The van der Waals surface area contributed by atoms with Crippen LogP contribution in [0.15, 0.2) is 36.8 Å². The van der Waals surface area contributed by atoms with Crippen molar-refractivity contribution in [2.75, 3.05) is 12.1 Å². The average Bonchev–Trinajstić information content (AvgIpc) is 3.19. The maximum Gasteiger partial charge on any atom is 0.231 e. The summed E-state index contributed by atoms with van der Waals surface area (Å²) < 4.78 is 12.6. The Morgan fingerprint density at radius 2 is 2.09 bits per heavy atom. The first-order chi connectivity index (χ1) is 11.3. The lowest BCUT2D eigenvalue weighted by Crippen LogP contribution is -2.23. The van der Waals surface area contributed by atoms with E-state index in [0.717, 1.165) is 22.5 Å². The Balaban J connectivity index is 1.67. The predicted octanol–water partition coefficient (Wildman–Crippen LogP) is 1.93. The third-order valence-corrected chi connectivity index (χ3v) is 4.29. The number of nitrogens with one attached hydrogen (secondary N) is 1. The molecule has 1 N–H and O–H groups in total. The molecule has 114 valence electrons. The summed E-state index contributed by atoms with van der Waals surface area (Å²) in [5.74, 6) is 1.32. The fourth-order valence-corrected chi connectivity index (χ4v) is 3.20. The molecule has 7 heteroatoms. The van der Waals surface area contributed by atoms with Crippen LogP contribution in [0.2, 0.25) is 0 Å². The highest BCUT2D eigenvalue weighted by atomic mass is 16.7. The Morgan fingerprint density at radius 1 is 1.22 bits per heavy atom. The number of pyridine rings is 1. The summed E-state index contributed by atoms with van der Waals surface area (Å²) in [5, 5.41) is 7.02. The highest BCUT2D eigenvalue weighted by molar-refractivity contribution is 5.96. The highest BCUT2D eigenvalue weighted by Crippen LogP contribution is 2.44. The van der Waals surface area contributed by atoms with Gasteiger partial charge in [0.25, 0.3) is 0 Å². The molecule has 1 aromatic carbocycles. The summed E-state index contributed by atoms with van der Waals surface area (Å²) >= 11 is 0. The van der Waals surface area contributed by atoms with Gasteiger partial charge >= 0.3 is 0 Å². The van der Waals surface area contributed by atoms with Crippen LogP contribution in [-0.4, -0.2) is 27.3 Å². The number of carbonyl (C=O) groups excluding carboxylic acids is 1. The molecule has 0 saturated carbocycles. The van der Waals surface area contributed by atoms with Gasteiger partial charge in [-0.05, 0) is 29.3 Å². The highest BCUT2D eigenvalue weighted by Gasteiger charge is 2.30. The molecule has 0 spiro atoms. The quantitative estimate of drug-likeness (QED) is 0.743. The van der Waals surface area contributed by atoms with Crippen molar-refractivity contribution in [2.24, 2.45) is 0 Å². The zero-order chi connectivity index (χ0) is 15.4. The molecule has 1 atom stereocenters. The maximum absolute atomic E-state index is 12.1. The zero-order valence-corrected chi connectivity index (χ0v) is 12.0. The van der Waals surface area contributed by atoms with Crippen molar-refractivity contribution in [3.05, 3.63) is 47.9 Å². The molecule has 5 rings (SSSR count). The number of amides is 1. The summed E-state index contributed by atoms with van der Waals surface area (Å²) in [6.45, 7) is 0.211. The van der Waals surface area contributed by atoms with Crippen molar-refractivity contribution in [3.8, 4) is 11.5 Å². The van der Waals surface area contributed by atoms with Crippen molar-refractivity contribution >= 4 is 17.2 Å². The van der Waals surface area contributed by atoms with Crippen LogP contribution >= 0.6 is 0 Å². The molecule has 2 aliphatic heterocycles. The SMILES string of the molecule is O=C1CC(c2ccn3ncnc3c2)c2cc3c(cc2N1)OCO3. The van der Waals surface area contributed by atoms with E-state index < -0.39 is 0 Å². The lowest BCUT2D eigenvalue weighted by molar-refractivity contribution is -0.116. The molecular weight excluding hydrogens is 296 g/mol. The van der Waals surface area contributed by atoms with Crippen LogP contribution in [0.3, 0.4) is 0 Å². The van der Waals surface area contributed by atoms with Crippen molar-refractivity contribution in [1.29, 1.82) is 0 Å². The molecule has 0 aliphatic carbocycles. The smallest absolute Gasteiger partial charge is 0.231 e. The van der Waals surface area contributed by atoms with Crippen LogP contribution in [0, 0.1) is 0 Å². The van der Waals surface area contributed by atoms with Crippen LogP contribution < -0.4 is 14.8 Å². The molecule has 4 heterocycles. The molecule has 1 amide bonds. The molecule has 0 bridgehead atoms. The van der Waals surface area contributed by atoms with Gasteiger partial charge in [-0.1, -0.05) is 0 Å². The Kier molecular flexibility index (Phi) is 2.41. The Hall–Kier alpha value is -3.09. The van der Waals surface area contributed by atoms with Gasteiger partial charge in [-0.3, -0.25) is 4.79 Å². The van der Waals surface area contributed by atoms with Gasteiger partial charge in [-0.2, -0.15) is 5.10 Å². The molecular formula is C16H12N4O3. The second-order valence-corrected chi connectivity index (χ2v) is 5.62. The number of hydrogen-bond donors (Lipinski definition) is 1. The number of carbonyl (C=O) groups is 1. The topological polar surface area (TPSA) is 77.8 Å². The minimum atomic E-state index is -0.0463. The molecule has 1 unspecified atom stereocenters. The van der Waals surface area contributed by atoms with E-state index in [2.05, 4.69) is 15.4 Å². The Labute approximate surface area is 130 Å². The van der Waals surface area contributed by atoms with Crippen LogP contribution in [0.1, 0.15) is 23.5 Å². The lowest BCUT2D eigenvalue weighted by Gasteiger charge is -2.26. The van der Waals surface area contributed by atoms with E-state index in [1.54, 1.807) is 4.52 Å². The van der Waals surface area contributed by atoms with E-state index >= 15 is 0 Å². The summed E-state index contributed by atoms with van der Waals surface area (Å²) in [6, 6.07) is 7.72. The molecule has 0 radical (unpaired) electrons. The molecule has 0 fully saturated rings. The summed E-state index contributed by atoms with van der Waals surface area (Å²) in [5.41, 5.74) is 3.59. The number of rotatable bonds is 1. The van der Waals surface area contributed by atoms with E-state index in [0.29, 0.717) is 17.9 Å². The average molecular weight is 308 g/mol. The van der Waals surface area contributed by atoms with E-state index in [9.17, 15) is 4.79 Å². The van der Waals surface area contributed by atoms with E-state index in [1.165, 1.54) is 6.33 Å². The van der Waals surface area contributed by atoms with Gasteiger partial charge in [0.15, 0.2) is 17.1 Å². The predicted molar refractivity (Wildman–Crippen MR) is 80.6 cm³/mol. The number of anilines is 1. The molecule has 3 aromatic rings. The van der Waals surface area contributed by atoms with Crippen molar-refractivity contribution in [3.63, 3.8) is 0 Å². The minimum Gasteiger partial charge on any atom is -0.454 e. The molecule has 2 aliphatic rings. The maximum atomic E-state index is 12.1. The monoisotopic (exact) mass is 308 g/mol. The number of hydrogen-bond acceptors (Lipinski definition) is 5. The third-order valence-electron chi connectivity index (χ3n) is 4.29. The van der Waals surface area contributed by atoms with Gasteiger partial charge in [0.05, 0.1) is 0 Å². The molecule has 0 saturated heterocycles. The van der Waals surface area contributed by atoms with E-state index in [-0.39, 0.29) is 18.6 Å². The largest absolute Gasteiger partial charge is 0.454 e. The van der Waals surface area contributed by atoms with Crippen LogP contribution in [0.5, 0.6) is 11.5 Å².